The van der Waals surface area contributed by atoms with Gasteiger partial charge in [-0.1, -0.05) is 6.08 Å². The van der Waals surface area contributed by atoms with E-state index < -0.39 is 0 Å². The van der Waals surface area contributed by atoms with Crippen LogP contribution in [0.3, 0.4) is 0 Å². The van der Waals surface area contributed by atoms with Crippen LogP contribution >= 0.6 is 11.8 Å². The van der Waals surface area contributed by atoms with Crippen molar-refractivity contribution < 1.29 is 4.79 Å². The average Bonchev–Trinajstić information content (AvgIpc) is 1.98. The van der Waals surface area contributed by atoms with E-state index in [0.717, 1.165) is 5.75 Å². The van der Waals surface area contributed by atoms with Crippen LogP contribution in [0.1, 0.15) is 6.92 Å². The molecule has 0 aliphatic carbocycles. The van der Waals surface area contributed by atoms with E-state index in [0.29, 0.717) is 0 Å². The average molecular weight is 159 g/mol. The fourth-order valence-electron chi connectivity index (χ4n) is 0.491. The van der Waals surface area contributed by atoms with Crippen LogP contribution in [0.2, 0.25) is 0 Å². The molecule has 1 N–H and O–H groups in total. The number of thioether (sulfide) groups is 1. The Balaban J connectivity index is 3.50. The number of hydrogen-bond acceptors (Lipinski definition) is 2. The van der Waals surface area contributed by atoms with Crippen LogP contribution in [0.4, 0.5) is 0 Å². The normalized spacial score (nSPS) is 12.2. The first-order valence-corrected chi connectivity index (χ1v) is 4.21. The highest BCUT2D eigenvalue weighted by Gasteiger charge is 2.08. The zero-order valence-electron chi connectivity index (χ0n) is 6.39. The molecule has 0 rings (SSSR count). The number of rotatable bonds is 4. The maximum atomic E-state index is 10.9. The lowest BCUT2D eigenvalue weighted by Crippen LogP contribution is -2.27. The molecule has 0 saturated carbocycles. The fraction of sp³-hybridized carbons (Fsp3) is 0.571. The molecule has 0 aromatic carbocycles. The Kier molecular flexibility index (Phi) is 5.12. The molecule has 0 aliphatic heterocycles. The molecular weight excluding hydrogens is 146 g/mol. The van der Waals surface area contributed by atoms with Crippen LogP contribution < -0.4 is 5.32 Å². The summed E-state index contributed by atoms with van der Waals surface area (Å²) >= 11 is 1.58. The van der Waals surface area contributed by atoms with Gasteiger partial charge in [-0.2, -0.15) is 0 Å². The topological polar surface area (TPSA) is 29.1 Å². The molecule has 0 heterocycles. The van der Waals surface area contributed by atoms with Gasteiger partial charge in [0.25, 0.3) is 0 Å². The van der Waals surface area contributed by atoms with Gasteiger partial charge in [0.05, 0.1) is 5.25 Å². The summed E-state index contributed by atoms with van der Waals surface area (Å²) in [6.45, 7) is 5.45. The first-order chi connectivity index (χ1) is 4.72. The van der Waals surface area contributed by atoms with Crippen LogP contribution in [0, 0.1) is 0 Å². The lowest BCUT2D eigenvalue weighted by Gasteiger charge is -2.06. The number of amides is 1. The third-order valence-electron chi connectivity index (χ3n) is 1.08. The largest absolute Gasteiger partial charge is 0.358 e. The molecule has 0 radical (unpaired) electrons. The van der Waals surface area contributed by atoms with E-state index in [-0.39, 0.29) is 11.2 Å². The van der Waals surface area contributed by atoms with Gasteiger partial charge in [-0.3, -0.25) is 4.79 Å². The Morgan fingerprint density at radius 3 is 2.90 bits per heavy atom. The van der Waals surface area contributed by atoms with Crippen LogP contribution in [-0.4, -0.2) is 24.0 Å². The smallest absolute Gasteiger partial charge is 0.232 e. The summed E-state index contributed by atoms with van der Waals surface area (Å²) in [5, 5.41) is 2.61. The van der Waals surface area contributed by atoms with Crippen LogP contribution in [0.5, 0.6) is 0 Å². The molecule has 10 heavy (non-hydrogen) atoms. The van der Waals surface area contributed by atoms with E-state index in [1.165, 1.54) is 0 Å². The number of nitrogens with one attached hydrogen (secondary N) is 1. The van der Waals surface area contributed by atoms with Gasteiger partial charge in [-0.15, -0.1) is 18.3 Å². The molecule has 2 nitrogen and oxygen atoms in total. The lowest BCUT2D eigenvalue weighted by molar-refractivity contribution is -0.119. The van der Waals surface area contributed by atoms with E-state index in [4.69, 9.17) is 0 Å². The summed E-state index contributed by atoms with van der Waals surface area (Å²) in [4.78, 5) is 10.9. The first kappa shape index (κ1) is 9.56. The maximum absolute atomic E-state index is 10.9. The minimum Gasteiger partial charge on any atom is -0.358 e. The summed E-state index contributed by atoms with van der Waals surface area (Å²) in [6.07, 6.45) is 1.80. The Bertz CT molecular complexity index is 125. The first-order valence-electron chi connectivity index (χ1n) is 3.16. The zero-order chi connectivity index (χ0) is 7.98. The monoisotopic (exact) mass is 159 g/mol. The molecule has 0 bridgehead atoms. The van der Waals surface area contributed by atoms with Crippen molar-refractivity contribution in [3.05, 3.63) is 12.7 Å². The second-order valence-electron chi connectivity index (χ2n) is 1.88. The summed E-state index contributed by atoms with van der Waals surface area (Å²) in [6, 6.07) is 0. The molecule has 0 aromatic heterocycles. The van der Waals surface area contributed by atoms with E-state index in [1.54, 1.807) is 24.9 Å². The zero-order valence-corrected chi connectivity index (χ0v) is 7.20. The van der Waals surface area contributed by atoms with Gasteiger partial charge in [0.2, 0.25) is 5.91 Å². The highest BCUT2D eigenvalue weighted by Crippen LogP contribution is 2.09. The van der Waals surface area contributed by atoms with Gasteiger partial charge >= 0.3 is 0 Å². The van der Waals surface area contributed by atoms with Crippen molar-refractivity contribution in [1.82, 2.24) is 5.32 Å². The van der Waals surface area contributed by atoms with Gasteiger partial charge in [0.1, 0.15) is 0 Å². The standard InChI is InChI=1S/C7H13NOS/c1-4-5-10-6(2)7(9)8-3/h4,6H,1,5H2,2-3H3,(H,8,9). The van der Waals surface area contributed by atoms with Crippen LogP contribution in [0.25, 0.3) is 0 Å². The quantitative estimate of drug-likeness (QED) is 0.621. The van der Waals surface area contributed by atoms with Gasteiger partial charge in [-0.25, -0.2) is 0 Å². The molecule has 0 spiro atoms. The Morgan fingerprint density at radius 2 is 2.50 bits per heavy atom. The second kappa shape index (κ2) is 5.35. The summed E-state index contributed by atoms with van der Waals surface area (Å²) < 4.78 is 0. The SMILES string of the molecule is C=CCSC(C)C(=O)NC. The lowest BCUT2D eigenvalue weighted by atomic mass is 10.4. The van der Waals surface area contributed by atoms with E-state index >= 15 is 0 Å². The van der Waals surface area contributed by atoms with E-state index in [2.05, 4.69) is 11.9 Å². The molecule has 0 aromatic rings. The molecule has 1 amide bonds. The Labute approximate surface area is 66.1 Å². The third-order valence-corrected chi connectivity index (χ3v) is 2.22. The van der Waals surface area contributed by atoms with Crippen molar-refractivity contribution in [2.45, 2.75) is 12.2 Å². The summed E-state index contributed by atoms with van der Waals surface area (Å²) in [5.74, 6) is 0.904. The van der Waals surface area contributed by atoms with Crippen molar-refractivity contribution in [3.63, 3.8) is 0 Å². The van der Waals surface area contributed by atoms with Crippen LogP contribution in [0.15, 0.2) is 12.7 Å². The van der Waals surface area contributed by atoms with E-state index in [1.807, 2.05) is 6.92 Å². The number of hydrogen-bond donors (Lipinski definition) is 1. The van der Waals surface area contributed by atoms with Crippen molar-refractivity contribution in [1.29, 1.82) is 0 Å². The Hall–Kier alpha value is -0.440. The highest BCUT2D eigenvalue weighted by molar-refractivity contribution is 8.00. The maximum Gasteiger partial charge on any atom is 0.232 e. The Morgan fingerprint density at radius 1 is 1.90 bits per heavy atom. The predicted molar refractivity (Wildman–Crippen MR) is 46.2 cm³/mol. The summed E-state index contributed by atoms with van der Waals surface area (Å²) in [7, 11) is 1.65. The third kappa shape index (κ3) is 3.56. The van der Waals surface area contributed by atoms with Crippen molar-refractivity contribution in [2.75, 3.05) is 12.8 Å². The molecular formula is C7H13NOS. The van der Waals surface area contributed by atoms with Gasteiger partial charge in [0, 0.05) is 12.8 Å². The predicted octanol–water partition coefficient (Wildman–Crippen LogP) is 1.04. The fourth-order valence-corrected chi connectivity index (χ4v) is 1.19. The number of carbonyl (C=O) groups excluding carboxylic acids is 1. The highest BCUT2D eigenvalue weighted by atomic mass is 32.2. The molecule has 0 aliphatic rings. The molecule has 0 saturated heterocycles. The van der Waals surface area contributed by atoms with Crippen molar-refractivity contribution >= 4 is 17.7 Å². The molecule has 58 valence electrons. The number of carbonyl (C=O) groups is 1. The van der Waals surface area contributed by atoms with E-state index in [9.17, 15) is 4.79 Å². The minimum atomic E-state index is 0.0306. The molecule has 1 atom stereocenters. The van der Waals surface area contributed by atoms with Gasteiger partial charge < -0.3 is 5.32 Å². The van der Waals surface area contributed by atoms with Crippen molar-refractivity contribution in [2.24, 2.45) is 0 Å². The van der Waals surface area contributed by atoms with Gasteiger partial charge in [0.15, 0.2) is 0 Å². The second-order valence-corrected chi connectivity index (χ2v) is 3.25. The van der Waals surface area contributed by atoms with Gasteiger partial charge in [-0.05, 0) is 6.92 Å². The minimum absolute atomic E-state index is 0.0306. The molecule has 3 heteroatoms. The summed E-state index contributed by atoms with van der Waals surface area (Å²) in [5.41, 5.74) is 0. The van der Waals surface area contributed by atoms with Crippen LogP contribution in [-0.2, 0) is 4.79 Å². The molecule has 1 unspecified atom stereocenters. The van der Waals surface area contributed by atoms with Crippen molar-refractivity contribution in [3.8, 4) is 0 Å². The molecule has 0 fully saturated rings.